The fourth-order valence-electron chi connectivity index (χ4n) is 2.12. The quantitative estimate of drug-likeness (QED) is 0.614. The molecule has 112 valence electrons. The van der Waals surface area contributed by atoms with E-state index in [2.05, 4.69) is 9.97 Å². The summed E-state index contributed by atoms with van der Waals surface area (Å²) in [6.07, 6.45) is -4.57. The van der Waals surface area contributed by atoms with Gasteiger partial charge in [-0.1, -0.05) is 42.1 Å². The number of halogens is 3. The summed E-state index contributed by atoms with van der Waals surface area (Å²) in [6.45, 7) is 1.84. The fraction of sp³-hybridized carbons (Fsp3) is 0.125. The Labute approximate surface area is 129 Å². The predicted molar refractivity (Wildman–Crippen MR) is 79.8 cm³/mol. The zero-order valence-corrected chi connectivity index (χ0v) is 12.4. The number of aromatic nitrogens is 2. The number of benzene rings is 2. The van der Waals surface area contributed by atoms with E-state index in [9.17, 15) is 13.2 Å². The molecule has 0 fully saturated rings. The highest BCUT2D eigenvalue weighted by Gasteiger charge is 2.35. The number of hydrogen-bond acceptors (Lipinski definition) is 3. The van der Waals surface area contributed by atoms with Gasteiger partial charge in [-0.3, -0.25) is 0 Å². The first-order valence-electron chi connectivity index (χ1n) is 6.52. The molecule has 0 aliphatic carbocycles. The van der Waals surface area contributed by atoms with Gasteiger partial charge < -0.3 is 0 Å². The van der Waals surface area contributed by atoms with E-state index in [1.807, 2.05) is 43.3 Å². The highest BCUT2D eigenvalue weighted by molar-refractivity contribution is 7.99. The Morgan fingerprint density at radius 1 is 0.909 bits per heavy atom. The van der Waals surface area contributed by atoms with E-state index in [-0.39, 0.29) is 0 Å². The van der Waals surface area contributed by atoms with Crippen molar-refractivity contribution in [1.29, 1.82) is 0 Å². The molecule has 1 heterocycles. The van der Waals surface area contributed by atoms with Crippen LogP contribution in [-0.4, -0.2) is 9.97 Å². The minimum atomic E-state index is -4.57. The lowest BCUT2D eigenvalue weighted by Gasteiger charge is -2.12. The van der Waals surface area contributed by atoms with Crippen molar-refractivity contribution in [3.05, 3.63) is 59.9 Å². The molecule has 0 saturated heterocycles. The minimum absolute atomic E-state index is 0.306. The molecule has 0 spiro atoms. The molecule has 0 saturated carbocycles. The van der Waals surface area contributed by atoms with Crippen molar-refractivity contribution in [2.24, 2.45) is 0 Å². The monoisotopic (exact) mass is 320 g/mol. The summed E-state index contributed by atoms with van der Waals surface area (Å²) in [5.41, 5.74) is 1.16. The molecular weight excluding hydrogens is 309 g/mol. The molecule has 22 heavy (non-hydrogen) atoms. The van der Waals surface area contributed by atoms with E-state index in [1.54, 1.807) is 12.1 Å². The smallest absolute Gasteiger partial charge is 0.224 e. The standard InChI is InChI=1S/C16H11F3N2S/c1-10-6-5-9-12-13(10)14(21-15(20-12)16(17,18)19)22-11-7-3-2-4-8-11/h2-9H,1H3. The number of alkyl halides is 3. The number of hydrogen-bond donors (Lipinski definition) is 0. The lowest BCUT2D eigenvalue weighted by Crippen LogP contribution is -2.12. The van der Waals surface area contributed by atoms with E-state index in [0.717, 1.165) is 10.5 Å². The van der Waals surface area contributed by atoms with Crippen LogP contribution in [0.4, 0.5) is 13.2 Å². The van der Waals surface area contributed by atoms with Crippen molar-refractivity contribution in [2.75, 3.05) is 0 Å². The maximum absolute atomic E-state index is 13.0. The molecule has 6 heteroatoms. The van der Waals surface area contributed by atoms with E-state index in [4.69, 9.17) is 0 Å². The molecule has 3 rings (SSSR count). The summed E-state index contributed by atoms with van der Waals surface area (Å²) in [6, 6.07) is 14.3. The summed E-state index contributed by atoms with van der Waals surface area (Å²) in [4.78, 5) is 8.25. The number of rotatable bonds is 2. The first kappa shape index (κ1) is 14.8. The van der Waals surface area contributed by atoms with Crippen LogP contribution in [0.1, 0.15) is 11.4 Å². The van der Waals surface area contributed by atoms with E-state index in [0.29, 0.717) is 15.9 Å². The molecule has 0 amide bonds. The second-order valence-electron chi connectivity index (χ2n) is 4.73. The van der Waals surface area contributed by atoms with Gasteiger partial charge in [0.1, 0.15) is 5.03 Å². The van der Waals surface area contributed by atoms with Gasteiger partial charge in [-0.05, 0) is 30.7 Å². The molecule has 0 aliphatic rings. The number of fused-ring (bicyclic) bond motifs is 1. The Morgan fingerprint density at radius 3 is 2.32 bits per heavy atom. The molecule has 0 N–H and O–H groups in total. The van der Waals surface area contributed by atoms with Crippen LogP contribution in [0, 0.1) is 6.92 Å². The fourth-order valence-corrected chi connectivity index (χ4v) is 3.13. The molecule has 2 nitrogen and oxygen atoms in total. The summed E-state index contributed by atoms with van der Waals surface area (Å²) in [5, 5.41) is 0.978. The molecule has 3 aromatic rings. The maximum atomic E-state index is 13.0. The average molecular weight is 320 g/mol. The zero-order chi connectivity index (χ0) is 15.7. The SMILES string of the molecule is Cc1cccc2nc(C(F)(F)F)nc(Sc3ccccc3)c12. The van der Waals surface area contributed by atoms with Crippen LogP contribution >= 0.6 is 11.8 Å². The first-order valence-corrected chi connectivity index (χ1v) is 7.34. The van der Waals surface area contributed by atoms with Gasteiger partial charge in [0.2, 0.25) is 5.82 Å². The predicted octanol–water partition coefficient (Wildman–Crippen LogP) is 5.11. The second kappa shape index (κ2) is 5.61. The van der Waals surface area contributed by atoms with Crippen LogP contribution in [-0.2, 0) is 6.18 Å². The summed E-state index contributed by atoms with van der Waals surface area (Å²) < 4.78 is 39.0. The molecular formula is C16H11F3N2S. The van der Waals surface area contributed by atoms with Gasteiger partial charge in [0, 0.05) is 10.3 Å². The first-order chi connectivity index (χ1) is 10.4. The highest BCUT2D eigenvalue weighted by Crippen LogP contribution is 2.36. The van der Waals surface area contributed by atoms with Gasteiger partial charge >= 0.3 is 6.18 Å². The van der Waals surface area contributed by atoms with Gasteiger partial charge in [-0.25, -0.2) is 9.97 Å². The lowest BCUT2D eigenvalue weighted by atomic mass is 10.1. The van der Waals surface area contributed by atoms with Gasteiger partial charge in [-0.2, -0.15) is 13.2 Å². The molecule has 0 bridgehead atoms. The highest BCUT2D eigenvalue weighted by atomic mass is 32.2. The summed E-state index contributed by atoms with van der Waals surface area (Å²) in [5.74, 6) is -1.11. The molecule has 0 unspecified atom stereocenters. The Hall–Kier alpha value is -2.08. The van der Waals surface area contributed by atoms with Gasteiger partial charge in [0.15, 0.2) is 0 Å². The van der Waals surface area contributed by atoms with Gasteiger partial charge in [-0.15, -0.1) is 0 Å². The molecule has 2 aromatic carbocycles. The van der Waals surface area contributed by atoms with Crippen LogP contribution < -0.4 is 0 Å². The maximum Gasteiger partial charge on any atom is 0.451 e. The summed E-state index contributed by atoms with van der Waals surface area (Å²) >= 11 is 1.21. The zero-order valence-electron chi connectivity index (χ0n) is 11.6. The van der Waals surface area contributed by atoms with E-state index >= 15 is 0 Å². The van der Waals surface area contributed by atoms with Crippen LogP contribution in [0.15, 0.2) is 58.5 Å². The number of nitrogens with zero attached hydrogens (tertiary/aromatic N) is 2. The Morgan fingerprint density at radius 2 is 1.64 bits per heavy atom. The average Bonchev–Trinajstić information content (AvgIpc) is 2.47. The molecule has 0 atom stereocenters. The molecule has 0 radical (unpaired) electrons. The second-order valence-corrected chi connectivity index (χ2v) is 5.80. The third kappa shape index (κ3) is 2.92. The van der Waals surface area contributed by atoms with E-state index in [1.165, 1.54) is 11.8 Å². The van der Waals surface area contributed by atoms with Crippen molar-refractivity contribution in [2.45, 2.75) is 23.0 Å². The lowest BCUT2D eigenvalue weighted by molar-refractivity contribution is -0.145. The van der Waals surface area contributed by atoms with Crippen LogP contribution in [0.5, 0.6) is 0 Å². The van der Waals surface area contributed by atoms with E-state index < -0.39 is 12.0 Å². The van der Waals surface area contributed by atoms with Crippen molar-refractivity contribution >= 4 is 22.7 Å². The van der Waals surface area contributed by atoms with Crippen molar-refractivity contribution in [3.8, 4) is 0 Å². The third-order valence-corrected chi connectivity index (χ3v) is 4.11. The minimum Gasteiger partial charge on any atom is -0.224 e. The normalized spacial score (nSPS) is 11.8. The largest absolute Gasteiger partial charge is 0.451 e. The van der Waals surface area contributed by atoms with Crippen LogP contribution in [0.3, 0.4) is 0 Å². The van der Waals surface area contributed by atoms with Crippen molar-refractivity contribution in [3.63, 3.8) is 0 Å². The number of aryl methyl sites for hydroxylation is 1. The third-order valence-electron chi connectivity index (χ3n) is 3.11. The van der Waals surface area contributed by atoms with Gasteiger partial charge in [0.05, 0.1) is 5.52 Å². The van der Waals surface area contributed by atoms with Crippen molar-refractivity contribution < 1.29 is 13.2 Å². The molecule has 1 aromatic heterocycles. The summed E-state index contributed by atoms with van der Waals surface area (Å²) in [7, 11) is 0. The van der Waals surface area contributed by atoms with Crippen LogP contribution in [0.25, 0.3) is 10.9 Å². The Bertz CT molecular complexity index is 817. The van der Waals surface area contributed by atoms with Crippen LogP contribution in [0.2, 0.25) is 0 Å². The Balaban J connectivity index is 2.21. The Kier molecular flexibility index (Phi) is 3.78. The van der Waals surface area contributed by atoms with Crippen molar-refractivity contribution in [1.82, 2.24) is 9.97 Å². The molecule has 0 aliphatic heterocycles. The topological polar surface area (TPSA) is 25.8 Å². The van der Waals surface area contributed by atoms with Gasteiger partial charge in [0.25, 0.3) is 0 Å².